The molecule has 0 aromatic rings. The number of hydrogen-bond acceptors (Lipinski definition) is 5. The van der Waals surface area contributed by atoms with Crippen LogP contribution in [-0.4, -0.2) is 35.4 Å². The maximum atomic E-state index is 12.1. The van der Waals surface area contributed by atoms with Crippen molar-refractivity contribution in [2.45, 2.75) is 64.8 Å². The van der Waals surface area contributed by atoms with Gasteiger partial charge in [0.1, 0.15) is 12.2 Å². The van der Waals surface area contributed by atoms with E-state index in [0.29, 0.717) is 31.3 Å². The Kier molecular flexibility index (Phi) is 4.56. The second-order valence-electron chi connectivity index (χ2n) is 8.48. The van der Waals surface area contributed by atoms with Crippen molar-refractivity contribution >= 4 is 11.9 Å². The van der Waals surface area contributed by atoms with Gasteiger partial charge in [-0.2, -0.15) is 0 Å². The first kappa shape index (κ1) is 18.2. The fourth-order valence-corrected chi connectivity index (χ4v) is 4.70. The van der Waals surface area contributed by atoms with Gasteiger partial charge in [0.25, 0.3) is 0 Å². The van der Waals surface area contributed by atoms with Gasteiger partial charge in [-0.15, -0.1) is 0 Å². The van der Waals surface area contributed by atoms with Crippen LogP contribution in [0, 0.1) is 23.2 Å². The number of esters is 2. The SMILES string of the molecule is C=C1C(=O)O[C@@H]2C[C@]3(C)[C@H](C[C@H]12)C(=C)[C@H](OC(=O)CC(C)C)C[C@@H]3O. The third kappa shape index (κ3) is 3.03. The van der Waals surface area contributed by atoms with Crippen LogP contribution in [0.25, 0.3) is 0 Å². The van der Waals surface area contributed by atoms with Gasteiger partial charge in [0.2, 0.25) is 0 Å². The van der Waals surface area contributed by atoms with Crippen LogP contribution in [0.2, 0.25) is 0 Å². The summed E-state index contributed by atoms with van der Waals surface area (Å²) in [6.45, 7) is 14.0. The Balaban J connectivity index is 1.79. The molecule has 5 nitrogen and oxygen atoms in total. The van der Waals surface area contributed by atoms with Gasteiger partial charge in [0.15, 0.2) is 0 Å². The van der Waals surface area contributed by atoms with E-state index in [4.69, 9.17) is 9.47 Å². The molecule has 0 radical (unpaired) electrons. The molecule has 1 saturated heterocycles. The molecule has 1 N–H and O–H groups in total. The second-order valence-corrected chi connectivity index (χ2v) is 8.48. The molecule has 25 heavy (non-hydrogen) atoms. The third-order valence-electron chi connectivity index (χ3n) is 6.25. The molecule has 2 saturated carbocycles. The number of carbonyl (C=O) groups is 2. The van der Waals surface area contributed by atoms with E-state index < -0.39 is 17.6 Å². The Morgan fingerprint density at radius 2 is 2.08 bits per heavy atom. The average molecular weight is 348 g/mol. The molecule has 1 aliphatic heterocycles. The first-order valence-electron chi connectivity index (χ1n) is 9.09. The van der Waals surface area contributed by atoms with E-state index in [-0.39, 0.29) is 35.8 Å². The lowest BCUT2D eigenvalue weighted by Crippen LogP contribution is -2.54. The van der Waals surface area contributed by atoms with Crippen molar-refractivity contribution in [1.29, 1.82) is 0 Å². The van der Waals surface area contributed by atoms with E-state index in [2.05, 4.69) is 13.2 Å². The summed E-state index contributed by atoms with van der Waals surface area (Å²) in [6.07, 6.45) is 0.618. The van der Waals surface area contributed by atoms with Crippen LogP contribution in [0.3, 0.4) is 0 Å². The second kappa shape index (κ2) is 6.27. The lowest BCUT2D eigenvalue weighted by atomic mass is 9.54. The number of ether oxygens (including phenoxy) is 2. The number of aliphatic hydroxyl groups excluding tert-OH is 1. The fraction of sp³-hybridized carbons (Fsp3) is 0.700. The van der Waals surface area contributed by atoms with Crippen LogP contribution in [0.1, 0.15) is 46.5 Å². The van der Waals surface area contributed by atoms with Crippen molar-refractivity contribution in [3.63, 3.8) is 0 Å². The largest absolute Gasteiger partial charge is 0.458 e. The molecule has 0 aromatic heterocycles. The zero-order valence-electron chi connectivity index (χ0n) is 15.3. The molecule has 0 aromatic carbocycles. The molecule has 138 valence electrons. The molecule has 1 heterocycles. The molecule has 3 fully saturated rings. The quantitative estimate of drug-likeness (QED) is 0.482. The van der Waals surface area contributed by atoms with E-state index in [1.807, 2.05) is 20.8 Å². The topological polar surface area (TPSA) is 72.8 Å². The van der Waals surface area contributed by atoms with Crippen LogP contribution in [-0.2, 0) is 19.1 Å². The summed E-state index contributed by atoms with van der Waals surface area (Å²) in [4.78, 5) is 23.9. The molecular weight excluding hydrogens is 320 g/mol. The van der Waals surface area contributed by atoms with Crippen LogP contribution < -0.4 is 0 Å². The van der Waals surface area contributed by atoms with Gasteiger partial charge in [0.05, 0.1) is 6.10 Å². The van der Waals surface area contributed by atoms with Gasteiger partial charge in [-0.3, -0.25) is 4.79 Å². The summed E-state index contributed by atoms with van der Waals surface area (Å²) < 4.78 is 11.1. The van der Waals surface area contributed by atoms with E-state index in [1.54, 1.807) is 0 Å². The predicted octanol–water partition coefficient (Wildman–Crippen LogP) is 2.78. The van der Waals surface area contributed by atoms with Crippen LogP contribution in [0.4, 0.5) is 0 Å². The number of aliphatic hydroxyl groups is 1. The van der Waals surface area contributed by atoms with E-state index in [9.17, 15) is 14.7 Å². The van der Waals surface area contributed by atoms with Crippen molar-refractivity contribution in [3.8, 4) is 0 Å². The highest BCUT2D eigenvalue weighted by Gasteiger charge is 2.58. The molecule has 0 amide bonds. The first-order valence-corrected chi connectivity index (χ1v) is 9.09. The van der Waals surface area contributed by atoms with Gasteiger partial charge in [0, 0.05) is 29.7 Å². The van der Waals surface area contributed by atoms with Gasteiger partial charge in [-0.05, 0) is 30.3 Å². The summed E-state index contributed by atoms with van der Waals surface area (Å²) in [7, 11) is 0. The maximum absolute atomic E-state index is 12.1. The highest BCUT2D eigenvalue weighted by molar-refractivity contribution is 5.90. The molecule has 5 heteroatoms. The molecule has 0 bridgehead atoms. The Morgan fingerprint density at radius 3 is 2.72 bits per heavy atom. The predicted molar refractivity (Wildman–Crippen MR) is 92.4 cm³/mol. The minimum Gasteiger partial charge on any atom is -0.458 e. The molecule has 0 spiro atoms. The number of fused-ring (bicyclic) bond motifs is 2. The minimum absolute atomic E-state index is 0.0272. The third-order valence-corrected chi connectivity index (χ3v) is 6.25. The molecule has 6 atom stereocenters. The highest BCUT2D eigenvalue weighted by atomic mass is 16.6. The van der Waals surface area contributed by atoms with Crippen molar-refractivity contribution in [3.05, 3.63) is 24.3 Å². The van der Waals surface area contributed by atoms with Crippen molar-refractivity contribution in [2.24, 2.45) is 23.2 Å². The Bertz CT molecular complexity index is 622. The summed E-state index contributed by atoms with van der Waals surface area (Å²) in [5, 5.41) is 10.8. The smallest absolute Gasteiger partial charge is 0.334 e. The van der Waals surface area contributed by atoms with Crippen molar-refractivity contribution in [1.82, 2.24) is 0 Å². The van der Waals surface area contributed by atoms with Crippen LogP contribution in [0.15, 0.2) is 24.3 Å². The summed E-state index contributed by atoms with van der Waals surface area (Å²) in [5.74, 6) is -0.438. The lowest BCUT2D eigenvalue weighted by molar-refractivity contribution is -0.161. The van der Waals surface area contributed by atoms with Crippen molar-refractivity contribution in [2.75, 3.05) is 0 Å². The molecule has 3 rings (SSSR count). The molecule has 3 aliphatic rings. The van der Waals surface area contributed by atoms with Crippen molar-refractivity contribution < 1.29 is 24.2 Å². The molecule has 0 unspecified atom stereocenters. The summed E-state index contributed by atoms with van der Waals surface area (Å²) in [5.41, 5.74) is 0.924. The summed E-state index contributed by atoms with van der Waals surface area (Å²) >= 11 is 0. The standard InChI is InChI=1S/C20H28O5/c1-10(2)6-18(22)24-15-8-17(21)20(5)9-16-13(7-14(20)12(15)4)11(3)19(23)25-16/h10,13-17,21H,3-4,6-9H2,1-2,5H3/t13-,14-,15-,16-,17+,20-/m1/s1. The van der Waals surface area contributed by atoms with Crippen LogP contribution in [0.5, 0.6) is 0 Å². The van der Waals surface area contributed by atoms with E-state index >= 15 is 0 Å². The first-order chi connectivity index (χ1) is 11.6. The van der Waals surface area contributed by atoms with Crippen LogP contribution >= 0.6 is 0 Å². The lowest BCUT2D eigenvalue weighted by Gasteiger charge is -2.53. The minimum atomic E-state index is -0.631. The zero-order valence-corrected chi connectivity index (χ0v) is 15.3. The van der Waals surface area contributed by atoms with E-state index in [0.717, 1.165) is 5.57 Å². The molecular formula is C20H28O5. The van der Waals surface area contributed by atoms with Gasteiger partial charge in [-0.25, -0.2) is 4.79 Å². The van der Waals surface area contributed by atoms with E-state index in [1.165, 1.54) is 0 Å². The average Bonchev–Trinajstić information content (AvgIpc) is 2.77. The van der Waals surface area contributed by atoms with Gasteiger partial charge in [-0.1, -0.05) is 33.9 Å². The van der Waals surface area contributed by atoms with Gasteiger partial charge < -0.3 is 14.6 Å². The Morgan fingerprint density at radius 1 is 1.40 bits per heavy atom. The Hall–Kier alpha value is -1.62. The maximum Gasteiger partial charge on any atom is 0.334 e. The normalized spacial score (nSPS) is 40.5. The monoisotopic (exact) mass is 348 g/mol. The number of rotatable bonds is 3. The fourth-order valence-electron chi connectivity index (χ4n) is 4.70. The number of hydrogen-bond donors (Lipinski definition) is 1. The summed E-state index contributed by atoms with van der Waals surface area (Å²) in [6, 6.07) is 0. The van der Waals surface area contributed by atoms with Gasteiger partial charge >= 0.3 is 11.9 Å². The Labute approximate surface area is 149 Å². The number of carbonyl (C=O) groups excluding carboxylic acids is 2. The molecule has 2 aliphatic carbocycles. The highest BCUT2D eigenvalue weighted by Crippen LogP contribution is 2.57. The zero-order chi connectivity index (χ0) is 18.5.